The van der Waals surface area contributed by atoms with E-state index in [1.807, 2.05) is 13.0 Å². The van der Waals surface area contributed by atoms with Gasteiger partial charge in [-0.3, -0.25) is 0 Å². The molecule has 3 heteroatoms. The molecule has 1 rings (SSSR count). The van der Waals surface area contributed by atoms with Crippen LogP contribution in [0.25, 0.3) is 0 Å². The van der Waals surface area contributed by atoms with Gasteiger partial charge in [-0.05, 0) is 38.1 Å². The molecular weight excluding hydrogens is 233 g/mol. The topological polar surface area (TPSA) is 12.0 Å². The van der Waals surface area contributed by atoms with Gasteiger partial charge in [0.25, 0.3) is 0 Å². The molecule has 0 bridgehead atoms. The summed E-state index contributed by atoms with van der Waals surface area (Å²) in [6.45, 7) is 9.02. The Morgan fingerprint density at radius 3 is 2.88 bits per heavy atom. The summed E-state index contributed by atoms with van der Waals surface area (Å²) in [5.41, 5.74) is 1.18. The van der Waals surface area contributed by atoms with Crippen LogP contribution in [0, 0.1) is 5.82 Å². The van der Waals surface area contributed by atoms with Crippen LogP contribution in [0.4, 0.5) is 4.39 Å². The lowest BCUT2D eigenvalue weighted by Gasteiger charge is -2.17. The molecule has 0 saturated heterocycles. The first-order valence-corrected chi connectivity index (χ1v) is 6.86. The third kappa shape index (κ3) is 5.89. The quantitative estimate of drug-likeness (QED) is 0.585. The highest BCUT2D eigenvalue weighted by Gasteiger charge is 2.08. The molecule has 1 nitrogen and oxygen atoms in total. The van der Waals surface area contributed by atoms with Gasteiger partial charge >= 0.3 is 0 Å². The fraction of sp³-hybridized carbons (Fsp3) is 0.429. The minimum absolute atomic E-state index is 0.171. The van der Waals surface area contributed by atoms with E-state index in [0.717, 1.165) is 23.6 Å². The number of thioether (sulfide) groups is 1. The Morgan fingerprint density at radius 2 is 2.29 bits per heavy atom. The Morgan fingerprint density at radius 1 is 1.53 bits per heavy atom. The minimum atomic E-state index is -0.171. The van der Waals surface area contributed by atoms with Crippen molar-refractivity contribution >= 4 is 11.8 Å². The van der Waals surface area contributed by atoms with Crippen molar-refractivity contribution in [3.63, 3.8) is 0 Å². The third-order valence-electron chi connectivity index (χ3n) is 2.33. The standard InChI is InChI=1S/C14H20FNS/c1-4-16-13(8-11(2)3)10-17-14-7-5-6-12(15)9-14/h5-7,9,13,16H,2,4,8,10H2,1,3H3. The molecule has 0 amide bonds. The Kier molecular flexibility index (Phi) is 6.30. The molecule has 94 valence electrons. The van der Waals surface area contributed by atoms with Crippen molar-refractivity contribution in [2.45, 2.75) is 31.2 Å². The molecule has 0 aliphatic heterocycles. The molecule has 0 aliphatic rings. The van der Waals surface area contributed by atoms with Gasteiger partial charge in [-0.15, -0.1) is 18.3 Å². The van der Waals surface area contributed by atoms with E-state index < -0.39 is 0 Å². The summed E-state index contributed by atoms with van der Waals surface area (Å²) in [5.74, 6) is 0.763. The number of hydrogen-bond acceptors (Lipinski definition) is 2. The molecule has 0 fully saturated rings. The maximum absolute atomic E-state index is 13.0. The maximum atomic E-state index is 13.0. The summed E-state index contributed by atoms with van der Waals surface area (Å²) < 4.78 is 13.0. The van der Waals surface area contributed by atoms with Crippen LogP contribution in [0.5, 0.6) is 0 Å². The highest BCUT2D eigenvalue weighted by molar-refractivity contribution is 7.99. The van der Waals surface area contributed by atoms with E-state index in [0.29, 0.717) is 6.04 Å². The van der Waals surface area contributed by atoms with Crippen molar-refractivity contribution < 1.29 is 4.39 Å². The number of rotatable bonds is 7. The van der Waals surface area contributed by atoms with Gasteiger partial charge in [0.1, 0.15) is 5.82 Å². The number of benzene rings is 1. The number of nitrogens with one attached hydrogen (secondary N) is 1. The molecular formula is C14H20FNS. The second-order valence-electron chi connectivity index (χ2n) is 4.18. The van der Waals surface area contributed by atoms with Crippen molar-refractivity contribution in [2.75, 3.05) is 12.3 Å². The highest BCUT2D eigenvalue weighted by atomic mass is 32.2. The van der Waals surface area contributed by atoms with Crippen LogP contribution in [0.2, 0.25) is 0 Å². The van der Waals surface area contributed by atoms with Crippen LogP contribution in [0.15, 0.2) is 41.3 Å². The second-order valence-corrected chi connectivity index (χ2v) is 5.28. The van der Waals surface area contributed by atoms with Crippen LogP contribution >= 0.6 is 11.8 Å². The summed E-state index contributed by atoms with van der Waals surface area (Å²) in [4.78, 5) is 0.981. The maximum Gasteiger partial charge on any atom is 0.124 e. The Bertz CT molecular complexity index is 365. The van der Waals surface area contributed by atoms with Crippen molar-refractivity contribution in [2.24, 2.45) is 0 Å². The minimum Gasteiger partial charge on any atom is -0.313 e. The molecule has 1 N–H and O–H groups in total. The molecule has 0 saturated carbocycles. The highest BCUT2D eigenvalue weighted by Crippen LogP contribution is 2.21. The lowest BCUT2D eigenvalue weighted by Crippen LogP contribution is -2.31. The summed E-state index contributed by atoms with van der Waals surface area (Å²) in [5, 5.41) is 3.42. The normalized spacial score (nSPS) is 12.4. The lowest BCUT2D eigenvalue weighted by atomic mass is 10.1. The van der Waals surface area contributed by atoms with E-state index in [1.165, 1.54) is 11.6 Å². The Labute approximate surface area is 107 Å². The molecule has 0 spiro atoms. The molecule has 1 aromatic rings. The predicted octanol–water partition coefficient (Wildman–Crippen LogP) is 3.86. The number of hydrogen-bond donors (Lipinski definition) is 1. The van der Waals surface area contributed by atoms with Gasteiger partial charge in [0.15, 0.2) is 0 Å². The molecule has 1 aromatic carbocycles. The summed E-state index contributed by atoms with van der Waals surface area (Å²) in [6, 6.07) is 7.15. The van der Waals surface area contributed by atoms with Crippen LogP contribution in [0.3, 0.4) is 0 Å². The van der Waals surface area contributed by atoms with Gasteiger partial charge in [-0.2, -0.15) is 0 Å². The lowest BCUT2D eigenvalue weighted by molar-refractivity contribution is 0.571. The van der Waals surface area contributed by atoms with Crippen molar-refractivity contribution in [1.29, 1.82) is 0 Å². The average molecular weight is 253 g/mol. The molecule has 0 aliphatic carbocycles. The van der Waals surface area contributed by atoms with Crippen LogP contribution in [-0.2, 0) is 0 Å². The molecule has 0 radical (unpaired) electrons. The third-order valence-corrected chi connectivity index (χ3v) is 3.49. The first kappa shape index (κ1) is 14.3. The fourth-order valence-electron chi connectivity index (χ4n) is 1.65. The van der Waals surface area contributed by atoms with Crippen LogP contribution < -0.4 is 5.32 Å². The van der Waals surface area contributed by atoms with Gasteiger partial charge in [-0.1, -0.05) is 18.6 Å². The molecule has 1 unspecified atom stereocenters. The van der Waals surface area contributed by atoms with E-state index in [-0.39, 0.29) is 5.82 Å². The zero-order valence-electron chi connectivity index (χ0n) is 10.5. The SMILES string of the molecule is C=C(C)CC(CSc1cccc(F)c1)NCC. The Hall–Kier alpha value is -0.800. The first-order valence-electron chi connectivity index (χ1n) is 5.88. The Balaban J connectivity index is 2.48. The first-order chi connectivity index (χ1) is 8.11. The zero-order chi connectivity index (χ0) is 12.7. The summed E-state index contributed by atoms with van der Waals surface area (Å²) in [7, 11) is 0. The number of halogens is 1. The molecule has 0 heterocycles. The van der Waals surface area contributed by atoms with Gasteiger partial charge in [0.2, 0.25) is 0 Å². The predicted molar refractivity (Wildman–Crippen MR) is 74.0 cm³/mol. The fourth-order valence-corrected chi connectivity index (χ4v) is 2.65. The summed E-state index contributed by atoms with van der Waals surface area (Å²) >= 11 is 1.68. The second kappa shape index (κ2) is 7.51. The smallest absolute Gasteiger partial charge is 0.124 e. The molecule has 17 heavy (non-hydrogen) atoms. The van der Waals surface area contributed by atoms with Crippen LogP contribution in [-0.4, -0.2) is 18.3 Å². The van der Waals surface area contributed by atoms with Crippen molar-refractivity contribution in [1.82, 2.24) is 5.32 Å². The monoisotopic (exact) mass is 253 g/mol. The van der Waals surface area contributed by atoms with E-state index >= 15 is 0 Å². The molecule has 1 atom stereocenters. The van der Waals surface area contributed by atoms with Crippen molar-refractivity contribution in [3.05, 3.63) is 42.2 Å². The van der Waals surface area contributed by atoms with E-state index in [2.05, 4.69) is 18.8 Å². The van der Waals surface area contributed by atoms with E-state index in [4.69, 9.17) is 0 Å². The average Bonchev–Trinajstić information content (AvgIpc) is 2.26. The van der Waals surface area contributed by atoms with E-state index in [9.17, 15) is 4.39 Å². The van der Waals surface area contributed by atoms with E-state index in [1.54, 1.807) is 23.9 Å². The largest absolute Gasteiger partial charge is 0.313 e. The zero-order valence-corrected chi connectivity index (χ0v) is 11.3. The van der Waals surface area contributed by atoms with Gasteiger partial charge in [0.05, 0.1) is 0 Å². The summed E-state index contributed by atoms with van der Waals surface area (Å²) in [6.07, 6.45) is 0.968. The van der Waals surface area contributed by atoms with Gasteiger partial charge in [-0.25, -0.2) is 4.39 Å². The van der Waals surface area contributed by atoms with Gasteiger partial charge < -0.3 is 5.32 Å². The van der Waals surface area contributed by atoms with Gasteiger partial charge in [0, 0.05) is 16.7 Å². The van der Waals surface area contributed by atoms with Crippen LogP contribution in [0.1, 0.15) is 20.3 Å². The van der Waals surface area contributed by atoms with Crippen molar-refractivity contribution in [3.8, 4) is 0 Å². The molecule has 0 aromatic heterocycles.